The fourth-order valence-corrected chi connectivity index (χ4v) is 5.80. The van der Waals surface area contributed by atoms with E-state index in [4.69, 9.17) is 14.2 Å². The van der Waals surface area contributed by atoms with Gasteiger partial charge in [0.25, 0.3) is 0 Å². The van der Waals surface area contributed by atoms with Crippen LogP contribution in [0.1, 0.15) is 95.5 Å². The Morgan fingerprint density at radius 3 is 2.24 bits per heavy atom. The number of hydrogen-bond donors (Lipinski definition) is 1. The summed E-state index contributed by atoms with van der Waals surface area (Å²) in [5.74, 6) is 1.15. The zero-order chi connectivity index (χ0) is 27.0. The van der Waals surface area contributed by atoms with Crippen molar-refractivity contribution in [3.63, 3.8) is 0 Å². The van der Waals surface area contributed by atoms with Gasteiger partial charge < -0.3 is 14.2 Å². The van der Waals surface area contributed by atoms with Crippen molar-refractivity contribution in [2.75, 3.05) is 13.7 Å². The maximum Gasteiger partial charge on any atom is 0.323 e. The van der Waals surface area contributed by atoms with Crippen LogP contribution in [0.25, 0.3) is 0 Å². The molecular formula is C32H45NO4. The zero-order valence-electron chi connectivity index (χ0n) is 23.9. The van der Waals surface area contributed by atoms with Gasteiger partial charge in [-0.1, -0.05) is 71.9 Å². The summed E-state index contributed by atoms with van der Waals surface area (Å²) in [7, 11) is 1.70. The maximum absolute atomic E-state index is 13.2. The molecule has 2 fully saturated rings. The first-order chi connectivity index (χ1) is 17.5. The molecule has 37 heavy (non-hydrogen) atoms. The molecular weight excluding hydrogens is 462 g/mol. The fraction of sp³-hybridized carbons (Fsp3) is 0.594. The molecule has 0 bridgehead atoms. The SMILES string of the molecule is CCOC(=O)[C@H]1N[C@@H](c2ccccc2C2CC2)[C@@H](OCc2cc(C(C)(C)C)ccc2OC)[C@H]1C(C)(C)C. The summed E-state index contributed by atoms with van der Waals surface area (Å²) in [6, 6.07) is 14.5. The number of carbonyl (C=O) groups is 1. The monoisotopic (exact) mass is 507 g/mol. The van der Waals surface area contributed by atoms with Crippen LogP contribution in [0, 0.1) is 11.3 Å². The van der Waals surface area contributed by atoms with Crippen LogP contribution in [-0.4, -0.2) is 31.8 Å². The second-order valence-corrected chi connectivity index (χ2v) is 12.7. The third-order valence-corrected chi connectivity index (χ3v) is 7.87. The highest BCUT2D eigenvalue weighted by molar-refractivity contribution is 5.77. The van der Waals surface area contributed by atoms with Crippen LogP contribution in [0.3, 0.4) is 0 Å². The van der Waals surface area contributed by atoms with E-state index >= 15 is 0 Å². The number of methoxy groups -OCH3 is 1. The summed E-state index contributed by atoms with van der Waals surface area (Å²) < 4.78 is 18.1. The summed E-state index contributed by atoms with van der Waals surface area (Å²) in [6.45, 7) is 15.8. The molecule has 1 aliphatic heterocycles. The van der Waals surface area contributed by atoms with Gasteiger partial charge in [0.15, 0.2) is 0 Å². The number of nitrogens with one attached hydrogen (secondary N) is 1. The zero-order valence-corrected chi connectivity index (χ0v) is 23.9. The summed E-state index contributed by atoms with van der Waals surface area (Å²) in [5, 5.41) is 3.69. The van der Waals surface area contributed by atoms with Crippen LogP contribution >= 0.6 is 0 Å². The van der Waals surface area contributed by atoms with Gasteiger partial charge in [-0.05, 0) is 65.3 Å². The normalized spacial score (nSPS) is 24.2. The second-order valence-electron chi connectivity index (χ2n) is 12.7. The average Bonchev–Trinajstić information content (AvgIpc) is 3.61. The van der Waals surface area contributed by atoms with Gasteiger partial charge in [-0.25, -0.2) is 0 Å². The van der Waals surface area contributed by atoms with Crippen molar-refractivity contribution < 1.29 is 19.0 Å². The molecule has 4 atom stereocenters. The third-order valence-electron chi connectivity index (χ3n) is 7.87. The Morgan fingerprint density at radius 2 is 1.68 bits per heavy atom. The quantitative estimate of drug-likeness (QED) is 0.403. The predicted octanol–water partition coefficient (Wildman–Crippen LogP) is 6.69. The standard InChI is InChI=1S/C32H45NO4/c1-9-36-30(34)28-26(32(5,6)7)29(27(33-28)24-13-11-10-12-23(24)20-14-15-20)37-19-21-18-22(31(2,3)4)16-17-25(21)35-8/h10-13,16-18,20,26-29,33H,9,14-15,19H2,1-8H3/t26-,27-,28-,29-/m0/s1. The van der Waals surface area contributed by atoms with Gasteiger partial charge in [0.05, 0.1) is 32.5 Å². The molecule has 1 aliphatic carbocycles. The summed E-state index contributed by atoms with van der Waals surface area (Å²) in [5.41, 5.74) is 4.71. The van der Waals surface area contributed by atoms with E-state index < -0.39 is 6.04 Å². The average molecular weight is 508 g/mol. The molecule has 1 saturated carbocycles. The third kappa shape index (κ3) is 6.04. The van der Waals surface area contributed by atoms with Crippen molar-refractivity contribution >= 4 is 5.97 Å². The van der Waals surface area contributed by atoms with E-state index in [9.17, 15) is 4.79 Å². The lowest BCUT2D eigenvalue weighted by molar-refractivity contribution is -0.148. The van der Waals surface area contributed by atoms with E-state index in [1.165, 1.54) is 29.5 Å². The van der Waals surface area contributed by atoms with Crippen molar-refractivity contribution in [1.82, 2.24) is 5.32 Å². The topological polar surface area (TPSA) is 56.8 Å². The van der Waals surface area contributed by atoms with Crippen molar-refractivity contribution in [3.8, 4) is 5.75 Å². The molecule has 202 valence electrons. The smallest absolute Gasteiger partial charge is 0.323 e. The first-order valence-corrected chi connectivity index (χ1v) is 13.8. The second kappa shape index (κ2) is 10.8. The first-order valence-electron chi connectivity index (χ1n) is 13.8. The molecule has 0 spiro atoms. The Labute approximate surface area is 223 Å². The largest absolute Gasteiger partial charge is 0.496 e. The number of rotatable bonds is 8. The van der Waals surface area contributed by atoms with Crippen LogP contribution in [0.15, 0.2) is 42.5 Å². The molecule has 0 unspecified atom stereocenters. The molecule has 5 nitrogen and oxygen atoms in total. The van der Waals surface area contributed by atoms with E-state index in [1.807, 2.05) is 13.0 Å². The van der Waals surface area contributed by atoms with Crippen LogP contribution in [0.4, 0.5) is 0 Å². The lowest BCUT2D eigenvalue weighted by atomic mass is 9.73. The molecule has 2 aliphatic rings. The summed E-state index contributed by atoms with van der Waals surface area (Å²) in [4.78, 5) is 13.2. The molecule has 5 heteroatoms. The number of benzene rings is 2. The van der Waals surface area contributed by atoms with Crippen LogP contribution < -0.4 is 10.1 Å². The van der Waals surface area contributed by atoms with Gasteiger partial charge >= 0.3 is 5.97 Å². The minimum absolute atomic E-state index is 0.0185. The number of hydrogen-bond acceptors (Lipinski definition) is 5. The molecule has 2 aromatic rings. The Bertz CT molecular complexity index is 1090. The predicted molar refractivity (Wildman–Crippen MR) is 148 cm³/mol. The highest BCUT2D eigenvalue weighted by Gasteiger charge is 2.53. The first kappa shape index (κ1) is 27.7. The highest BCUT2D eigenvalue weighted by atomic mass is 16.5. The van der Waals surface area contributed by atoms with Gasteiger partial charge in [0.1, 0.15) is 11.8 Å². The van der Waals surface area contributed by atoms with E-state index in [1.54, 1.807) is 7.11 Å². The van der Waals surface area contributed by atoms with Crippen LogP contribution in [0.2, 0.25) is 0 Å². The van der Waals surface area contributed by atoms with Crippen molar-refractivity contribution in [2.24, 2.45) is 11.3 Å². The molecule has 1 heterocycles. The van der Waals surface area contributed by atoms with Crippen molar-refractivity contribution in [2.45, 2.75) is 97.4 Å². The van der Waals surface area contributed by atoms with Gasteiger partial charge in [0.2, 0.25) is 0 Å². The van der Waals surface area contributed by atoms with E-state index in [0.717, 1.165) is 11.3 Å². The molecule has 2 aromatic carbocycles. The van der Waals surface area contributed by atoms with E-state index in [2.05, 4.69) is 83.3 Å². The Balaban J connectivity index is 1.73. The molecule has 1 N–H and O–H groups in total. The minimum Gasteiger partial charge on any atom is -0.496 e. The Kier molecular flexibility index (Phi) is 8.06. The number of esters is 1. The summed E-state index contributed by atoms with van der Waals surface area (Å²) in [6.07, 6.45) is 2.23. The van der Waals surface area contributed by atoms with Crippen molar-refractivity contribution in [1.29, 1.82) is 0 Å². The van der Waals surface area contributed by atoms with Gasteiger partial charge in [-0.3, -0.25) is 10.1 Å². The highest BCUT2D eigenvalue weighted by Crippen LogP contribution is 2.49. The number of ether oxygens (including phenoxy) is 3. The van der Waals surface area contributed by atoms with Crippen molar-refractivity contribution in [3.05, 3.63) is 64.7 Å². The lowest BCUT2D eigenvalue weighted by Crippen LogP contribution is -2.44. The molecule has 0 amide bonds. The minimum atomic E-state index is -0.440. The lowest BCUT2D eigenvalue weighted by Gasteiger charge is -2.36. The van der Waals surface area contributed by atoms with Gasteiger partial charge in [-0.2, -0.15) is 0 Å². The number of carbonyl (C=O) groups excluding carboxylic acids is 1. The van der Waals surface area contributed by atoms with Crippen LogP contribution in [0.5, 0.6) is 5.75 Å². The van der Waals surface area contributed by atoms with Gasteiger partial charge in [0, 0.05) is 11.5 Å². The van der Waals surface area contributed by atoms with E-state index in [0.29, 0.717) is 19.1 Å². The summed E-state index contributed by atoms with van der Waals surface area (Å²) >= 11 is 0. The molecule has 4 rings (SSSR count). The van der Waals surface area contributed by atoms with E-state index in [-0.39, 0.29) is 34.9 Å². The van der Waals surface area contributed by atoms with Crippen LogP contribution in [-0.2, 0) is 26.3 Å². The molecule has 0 aromatic heterocycles. The Morgan fingerprint density at radius 1 is 1.00 bits per heavy atom. The molecule has 1 saturated heterocycles. The Hall–Kier alpha value is -2.37. The maximum atomic E-state index is 13.2. The fourth-order valence-electron chi connectivity index (χ4n) is 5.80. The van der Waals surface area contributed by atoms with Gasteiger partial charge in [-0.15, -0.1) is 0 Å². The molecule has 0 radical (unpaired) electrons.